The third kappa shape index (κ3) is 4.20. The molecule has 0 aliphatic heterocycles. The molecule has 5 nitrogen and oxygen atoms in total. The summed E-state index contributed by atoms with van der Waals surface area (Å²) in [7, 11) is 3.05. The van der Waals surface area contributed by atoms with Crippen LogP contribution in [0.25, 0.3) is 0 Å². The van der Waals surface area contributed by atoms with Crippen molar-refractivity contribution in [1.29, 1.82) is 0 Å². The molecule has 0 fully saturated rings. The quantitative estimate of drug-likeness (QED) is 0.647. The van der Waals surface area contributed by atoms with Crippen LogP contribution < -0.4 is 20.1 Å². The largest absolute Gasteiger partial charge is 0.496 e. The molecule has 0 radical (unpaired) electrons. The second-order valence-corrected chi connectivity index (χ2v) is 6.01. The number of rotatable bonds is 6. The lowest BCUT2D eigenvalue weighted by Gasteiger charge is -2.13. The van der Waals surface area contributed by atoms with Gasteiger partial charge in [-0.1, -0.05) is 24.3 Å². The van der Waals surface area contributed by atoms with Crippen molar-refractivity contribution in [3.05, 3.63) is 77.9 Å². The van der Waals surface area contributed by atoms with Crippen molar-refractivity contribution in [1.82, 2.24) is 0 Å². The minimum atomic E-state index is -0.288. The minimum Gasteiger partial charge on any atom is -0.496 e. The van der Waals surface area contributed by atoms with E-state index in [4.69, 9.17) is 9.47 Å². The van der Waals surface area contributed by atoms with Crippen molar-refractivity contribution in [2.75, 3.05) is 24.9 Å². The van der Waals surface area contributed by atoms with Gasteiger partial charge in [-0.15, -0.1) is 0 Å². The van der Waals surface area contributed by atoms with Crippen LogP contribution in [0.2, 0.25) is 0 Å². The number of aryl methyl sites for hydroxylation is 1. The minimum absolute atomic E-state index is 0.288. The van der Waals surface area contributed by atoms with Gasteiger partial charge in [0.15, 0.2) is 0 Å². The van der Waals surface area contributed by atoms with Gasteiger partial charge in [0.2, 0.25) is 0 Å². The highest BCUT2D eigenvalue weighted by molar-refractivity contribution is 6.08. The van der Waals surface area contributed by atoms with E-state index in [1.165, 1.54) is 14.2 Å². The Bertz CT molecular complexity index is 914. The van der Waals surface area contributed by atoms with Gasteiger partial charge in [0.25, 0.3) is 5.91 Å². The molecule has 0 bridgehead atoms. The molecule has 3 rings (SSSR count). The number of amides is 1. The molecule has 138 valence electrons. The predicted molar refractivity (Wildman–Crippen MR) is 108 cm³/mol. The Balaban J connectivity index is 1.75. The van der Waals surface area contributed by atoms with Crippen LogP contribution in [0.4, 0.5) is 17.1 Å². The fourth-order valence-electron chi connectivity index (χ4n) is 2.77. The average Bonchev–Trinajstić information content (AvgIpc) is 2.70. The first-order valence-corrected chi connectivity index (χ1v) is 8.57. The third-order valence-corrected chi connectivity index (χ3v) is 4.22. The molecule has 0 spiro atoms. The highest BCUT2D eigenvalue weighted by atomic mass is 16.5. The molecule has 27 heavy (non-hydrogen) atoms. The van der Waals surface area contributed by atoms with Crippen LogP contribution in [0, 0.1) is 6.92 Å². The van der Waals surface area contributed by atoms with Crippen LogP contribution in [0.15, 0.2) is 66.7 Å². The predicted octanol–water partition coefficient (Wildman–Crippen LogP) is 5.01. The Hall–Kier alpha value is -3.47. The summed E-state index contributed by atoms with van der Waals surface area (Å²) in [5.41, 5.74) is 4.20. The molecule has 3 aromatic rings. The highest BCUT2D eigenvalue weighted by Crippen LogP contribution is 2.29. The molecule has 0 aliphatic rings. The summed E-state index contributed by atoms with van der Waals surface area (Å²) in [6.07, 6.45) is 0. The first-order chi connectivity index (χ1) is 13.1. The summed E-state index contributed by atoms with van der Waals surface area (Å²) < 4.78 is 10.6. The molecule has 0 saturated carbocycles. The van der Waals surface area contributed by atoms with Gasteiger partial charge in [0.1, 0.15) is 17.1 Å². The van der Waals surface area contributed by atoms with E-state index < -0.39 is 0 Å². The Kier molecular flexibility index (Phi) is 5.61. The molecule has 0 unspecified atom stereocenters. The smallest absolute Gasteiger partial charge is 0.263 e. The van der Waals surface area contributed by atoms with Crippen LogP contribution in [0.3, 0.4) is 0 Å². The van der Waals surface area contributed by atoms with Crippen LogP contribution in [0.1, 0.15) is 15.9 Å². The number of carbonyl (C=O) groups excluding carboxylic acids is 1. The standard InChI is InChI=1S/C22H22N2O3/c1-15-7-4-5-8-18(15)23-16-11-13-17(14-12-16)24-22(25)21-19(26-2)9-6-10-20(21)27-3/h4-14,23H,1-3H3,(H,24,25). The lowest BCUT2D eigenvalue weighted by molar-refractivity contribution is 0.102. The number of hydrogen-bond donors (Lipinski definition) is 2. The average molecular weight is 362 g/mol. The summed E-state index contributed by atoms with van der Waals surface area (Å²) in [5.74, 6) is 0.637. The van der Waals surface area contributed by atoms with Gasteiger partial charge >= 0.3 is 0 Å². The van der Waals surface area contributed by atoms with Crippen LogP contribution in [0.5, 0.6) is 11.5 Å². The van der Waals surface area contributed by atoms with Gasteiger partial charge in [0, 0.05) is 17.1 Å². The fourth-order valence-corrected chi connectivity index (χ4v) is 2.77. The van der Waals surface area contributed by atoms with Gasteiger partial charge in [-0.25, -0.2) is 0 Å². The van der Waals surface area contributed by atoms with Crippen molar-refractivity contribution >= 4 is 23.0 Å². The maximum Gasteiger partial charge on any atom is 0.263 e. The molecule has 0 saturated heterocycles. The molecule has 2 N–H and O–H groups in total. The Morgan fingerprint density at radius 2 is 1.37 bits per heavy atom. The maximum atomic E-state index is 12.7. The van der Waals surface area contributed by atoms with E-state index in [2.05, 4.69) is 23.6 Å². The number of nitrogens with one attached hydrogen (secondary N) is 2. The molecule has 0 aromatic heterocycles. The van der Waals surface area contributed by atoms with E-state index in [1.807, 2.05) is 42.5 Å². The van der Waals surface area contributed by atoms with Gasteiger partial charge in [0.05, 0.1) is 14.2 Å². The topological polar surface area (TPSA) is 59.6 Å². The number of methoxy groups -OCH3 is 2. The molecular formula is C22H22N2O3. The number of para-hydroxylation sites is 1. The van der Waals surface area contributed by atoms with Gasteiger partial charge in [-0.3, -0.25) is 4.79 Å². The molecule has 3 aromatic carbocycles. The zero-order chi connectivity index (χ0) is 19.2. The van der Waals surface area contributed by atoms with E-state index in [1.54, 1.807) is 18.2 Å². The Morgan fingerprint density at radius 3 is 1.96 bits per heavy atom. The number of benzene rings is 3. The second-order valence-electron chi connectivity index (χ2n) is 6.01. The monoisotopic (exact) mass is 362 g/mol. The second kappa shape index (κ2) is 8.27. The van der Waals surface area contributed by atoms with E-state index in [-0.39, 0.29) is 5.91 Å². The lowest BCUT2D eigenvalue weighted by atomic mass is 10.1. The maximum absolute atomic E-state index is 12.7. The van der Waals surface area contributed by atoms with Gasteiger partial charge < -0.3 is 20.1 Å². The van der Waals surface area contributed by atoms with Crippen molar-refractivity contribution in [3.63, 3.8) is 0 Å². The van der Waals surface area contributed by atoms with Crippen molar-refractivity contribution in [2.45, 2.75) is 6.92 Å². The number of anilines is 3. The summed E-state index contributed by atoms with van der Waals surface area (Å²) in [5, 5.41) is 6.25. The lowest BCUT2D eigenvalue weighted by Crippen LogP contribution is -2.14. The molecule has 5 heteroatoms. The van der Waals surface area contributed by atoms with Gasteiger partial charge in [-0.2, -0.15) is 0 Å². The van der Waals surface area contributed by atoms with Crippen LogP contribution >= 0.6 is 0 Å². The molecule has 0 heterocycles. The molecule has 1 amide bonds. The normalized spacial score (nSPS) is 10.2. The first-order valence-electron chi connectivity index (χ1n) is 8.57. The Morgan fingerprint density at radius 1 is 0.778 bits per heavy atom. The zero-order valence-electron chi connectivity index (χ0n) is 15.6. The summed E-state index contributed by atoms with van der Waals surface area (Å²) in [6, 6.07) is 20.8. The third-order valence-electron chi connectivity index (χ3n) is 4.22. The zero-order valence-corrected chi connectivity index (χ0v) is 15.6. The van der Waals surface area contributed by atoms with E-state index in [0.717, 1.165) is 16.9 Å². The van der Waals surface area contributed by atoms with Crippen molar-refractivity contribution < 1.29 is 14.3 Å². The van der Waals surface area contributed by atoms with Gasteiger partial charge in [-0.05, 0) is 55.0 Å². The molecule has 0 aliphatic carbocycles. The van der Waals surface area contributed by atoms with Crippen molar-refractivity contribution in [3.8, 4) is 11.5 Å². The summed E-state index contributed by atoms with van der Waals surface area (Å²) in [4.78, 5) is 12.7. The SMILES string of the molecule is COc1cccc(OC)c1C(=O)Nc1ccc(Nc2ccccc2C)cc1. The summed E-state index contributed by atoms with van der Waals surface area (Å²) >= 11 is 0. The number of ether oxygens (including phenoxy) is 2. The fraction of sp³-hybridized carbons (Fsp3) is 0.136. The van der Waals surface area contributed by atoms with E-state index in [0.29, 0.717) is 22.7 Å². The van der Waals surface area contributed by atoms with Crippen LogP contribution in [-0.2, 0) is 0 Å². The van der Waals surface area contributed by atoms with E-state index in [9.17, 15) is 4.79 Å². The van der Waals surface area contributed by atoms with Crippen LogP contribution in [-0.4, -0.2) is 20.1 Å². The number of hydrogen-bond acceptors (Lipinski definition) is 4. The molecule has 0 atom stereocenters. The highest BCUT2D eigenvalue weighted by Gasteiger charge is 2.18. The molecular weight excluding hydrogens is 340 g/mol. The number of carbonyl (C=O) groups is 1. The summed E-state index contributed by atoms with van der Waals surface area (Å²) in [6.45, 7) is 2.05. The van der Waals surface area contributed by atoms with Crippen molar-refractivity contribution in [2.24, 2.45) is 0 Å². The first kappa shape index (κ1) is 18.3. The van der Waals surface area contributed by atoms with E-state index >= 15 is 0 Å². The Labute approximate surface area is 158 Å².